The van der Waals surface area contributed by atoms with E-state index in [9.17, 15) is 0 Å². The van der Waals surface area contributed by atoms with Gasteiger partial charge in [-0.05, 0) is 40.9 Å². The summed E-state index contributed by atoms with van der Waals surface area (Å²) in [5.74, 6) is 0. The number of hydrogen-bond donors (Lipinski definition) is 0. The van der Waals surface area contributed by atoms with Gasteiger partial charge in [-0.3, -0.25) is 0 Å². The molecule has 0 radical (unpaired) electrons. The predicted molar refractivity (Wildman–Crippen MR) is 83.0 cm³/mol. The van der Waals surface area contributed by atoms with Crippen molar-refractivity contribution in [1.82, 2.24) is 4.98 Å². The lowest BCUT2D eigenvalue weighted by molar-refractivity contribution is 0.00578. The second-order valence-corrected chi connectivity index (χ2v) is 6.23. The first-order chi connectivity index (χ1) is 13.9. The Hall–Kier alpha value is -0.585. The van der Waals surface area contributed by atoms with Crippen LogP contribution >= 0.6 is 11.3 Å². The lowest BCUT2D eigenvalue weighted by atomic mass is 9.85. The van der Waals surface area contributed by atoms with E-state index < -0.39 is 62.2 Å². The van der Waals surface area contributed by atoms with Gasteiger partial charge in [-0.15, -0.1) is 0 Å². The van der Waals surface area contributed by atoms with Gasteiger partial charge in [-0.1, -0.05) is 24.6 Å². The first kappa shape index (κ1) is 6.27. The number of aryl methyl sites for hydroxylation is 1. The average molecular weight is 309 g/mol. The van der Waals surface area contributed by atoms with Crippen molar-refractivity contribution >= 4 is 23.2 Å². The molecule has 0 N–H and O–H groups in total. The fourth-order valence-corrected chi connectivity index (χ4v) is 2.45. The third-order valence-corrected chi connectivity index (χ3v) is 4.38. The van der Waals surface area contributed by atoms with Crippen LogP contribution < -0.4 is 9.51 Å². The molecule has 0 spiro atoms. The van der Waals surface area contributed by atoms with Gasteiger partial charge in [0.25, 0.3) is 5.19 Å². The largest absolute Gasteiger partial charge is 0.507 e. The minimum Gasteiger partial charge on any atom is -0.470 e. The highest BCUT2D eigenvalue weighted by molar-refractivity contribution is 7.23. The lowest BCUT2D eigenvalue weighted by Crippen LogP contribution is -2.41. The van der Waals surface area contributed by atoms with E-state index in [1.807, 2.05) is 0 Å². The summed E-state index contributed by atoms with van der Waals surface area (Å²) in [6, 6.07) is 0. The van der Waals surface area contributed by atoms with E-state index in [1.54, 1.807) is 27.7 Å². The summed E-state index contributed by atoms with van der Waals surface area (Å²) in [7, 11) is -1.31. The normalized spacial score (nSPS) is 32.7. The molecule has 112 valence electrons. The van der Waals surface area contributed by atoms with Gasteiger partial charge in [0.15, 0.2) is 0 Å². The highest BCUT2D eigenvalue weighted by Crippen LogP contribution is 2.37. The molecule has 2 rings (SSSR count). The lowest BCUT2D eigenvalue weighted by Gasteiger charge is -2.32. The third-order valence-electron chi connectivity index (χ3n) is 3.42. The minimum absolute atomic E-state index is 0.196. The van der Waals surface area contributed by atoms with Crippen LogP contribution in [0.2, 0.25) is 0 Å². The maximum absolute atomic E-state index is 8.30. The van der Waals surface area contributed by atoms with Gasteiger partial charge in [0.05, 0.1) is 31.0 Å². The second-order valence-electron chi connectivity index (χ2n) is 5.24. The van der Waals surface area contributed by atoms with Gasteiger partial charge in [0.2, 0.25) is 0 Å². The van der Waals surface area contributed by atoms with Crippen molar-refractivity contribution < 1.29 is 30.5 Å². The molecule has 1 aromatic rings. The molecule has 20 heavy (non-hydrogen) atoms. The van der Waals surface area contributed by atoms with Gasteiger partial charge in [0.1, 0.15) is 0 Å². The van der Waals surface area contributed by atoms with Crippen LogP contribution in [0, 0.1) is 0 Å². The molecule has 0 amide bonds. The molecule has 0 aliphatic carbocycles. The molecule has 4 nitrogen and oxygen atoms in total. The first-order valence-electron chi connectivity index (χ1n) is 11.9. The van der Waals surface area contributed by atoms with Crippen molar-refractivity contribution in [3.05, 3.63) is 5.69 Å². The molecule has 0 unspecified atom stereocenters. The molecule has 1 saturated heterocycles. The van der Waals surface area contributed by atoms with Crippen molar-refractivity contribution in [2.45, 2.75) is 65.3 Å². The zero-order valence-electron chi connectivity index (χ0n) is 23.7. The molecular formula is C14H24BNO3S. The van der Waals surface area contributed by atoms with Crippen LogP contribution in [0.1, 0.15) is 69.9 Å². The Morgan fingerprint density at radius 2 is 2.00 bits per heavy atom. The number of ether oxygens (including phenoxy) is 1. The zero-order chi connectivity index (χ0) is 25.3. The third kappa shape index (κ3) is 2.87. The smallest absolute Gasteiger partial charge is 0.470 e. The van der Waals surface area contributed by atoms with Crippen LogP contribution in [0.15, 0.2) is 0 Å². The van der Waals surface area contributed by atoms with Gasteiger partial charge in [-0.2, -0.15) is 0 Å². The van der Waals surface area contributed by atoms with Crippen LogP contribution in [-0.2, 0) is 15.7 Å². The molecule has 0 aromatic carbocycles. The Balaban J connectivity index is 2.66. The molecule has 0 bridgehead atoms. The number of hydrogen-bond acceptors (Lipinski definition) is 5. The molecule has 1 aliphatic rings. The predicted octanol–water partition coefficient (Wildman–Crippen LogP) is 2.79. The molecule has 1 fully saturated rings. The standard InChI is InChI=1S/C14H24BNO3S/c1-7-9-10-11(20-12(16-10)17-8-2)15-18-13(3,4)14(5,6)19-15/h7-9H2,1-6H3/i1D3,2D3,7D2,8D2,9D2. The first-order valence-corrected chi connectivity index (χ1v) is 6.75. The zero-order valence-corrected chi connectivity index (χ0v) is 12.5. The number of rotatable bonds is 5. The van der Waals surface area contributed by atoms with Gasteiger partial charge < -0.3 is 14.0 Å². The van der Waals surface area contributed by atoms with E-state index in [4.69, 9.17) is 30.5 Å². The second kappa shape index (κ2) is 5.66. The maximum Gasteiger partial charge on any atom is 0.507 e. The Kier molecular flexibility index (Phi) is 1.77. The van der Waals surface area contributed by atoms with Crippen LogP contribution in [0.5, 0.6) is 5.19 Å². The van der Waals surface area contributed by atoms with Crippen molar-refractivity contribution in [2.24, 2.45) is 0 Å². The van der Waals surface area contributed by atoms with Crippen LogP contribution in [0.3, 0.4) is 0 Å². The summed E-state index contributed by atoms with van der Waals surface area (Å²) in [5.41, 5.74) is -2.54. The highest BCUT2D eigenvalue weighted by atomic mass is 32.1. The Morgan fingerprint density at radius 1 is 1.30 bits per heavy atom. The van der Waals surface area contributed by atoms with E-state index in [0.29, 0.717) is 11.3 Å². The molecule has 6 heteroatoms. The molecule has 1 aliphatic heterocycles. The Bertz CT molecular complexity index is 848. The van der Waals surface area contributed by atoms with Crippen molar-refractivity contribution in [1.29, 1.82) is 0 Å². The topological polar surface area (TPSA) is 40.6 Å². The molecule has 0 atom stereocenters. The van der Waals surface area contributed by atoms with E-state index in [1.165, 1.54) is 0 Å². The summed E-state index contributed by atoms with van der Waals surface area (Å²) in [4.78, 5) is 3.78. The van der Waals surface area contributed by atoms with Crippen molar-refractivity contribution in [2.75, 3.05) is 6.56 Å². The highest BCUT2D eigenvalue weighted by Gasteiger charge is 2.53. The number of nitrogens with zero attached hydrogens (tertiary/aromatic N) is 1. The SMILES string of the molecule is [2H]C([2H])([2H])C([2H])([2H])Oc1nc(C([2H])([2H])C([2H])([2H])C([2H])([2H])[2H])c(B2OC(C)(C)C(C)(C)O2)s1. The summed E-state index contributed by atoms with van der Waals surface area (Å²) in [5, 5.41) is -0.643. The van der Waals surface area contributed by atoms with Crippen molar-refractivity contribution in [3.8, 4) is 5.19 Å². The molecule has 2 heterocycles. The maximum atomic E-state index is 8.30. The number of thiazole rings is 1. The van der Waals surface area contributed by atoms with Crippen LogP contribution in [0.25, 0.3) is 0 Å². The summed E-state index contributed by atoms with van der Waals surface area (Å²) in [6.07, 6.45) is -6.66. The van der Waals surface area contributed by atoms with E-state index in [-0.39, 0.29) is 4.78 Å². The van der Waals surface area contributed by atoms with Crippen LogP contribution in [0.4, 0.5) is 0 Å². The van der Waals surface area contributed by atoms with Crippen molar-refractivity contribution in [3.63, 3.8) is 0 Å². The minimum atomic E-state index is -3.42. The Labute approximate surface area is 142 Å². The quantitative estimate of drug-likeness (QED) is 0.784. The summed E-state index contributed by atoms with van der Waals surface area (Å²) < 4.78 is 108. The van der Waals surface area contributed by atoms with E-state index in [2.05, 4.69) is 4.98 Å². The summed E-state index contributed by atoms with van der Waals surface area (Å²) >= 11 is 0.491. The van der Waals surface area contributed by atoms with E-state index >= 15 is 0 Å². The molecule has 0 saturated carbocycles. The summed E-state index contributed by atoms with van der Waals surface area (Å²) in [6.45, 7) is -2.99. The van der Waals surface area contributed by atoms with Gasteiger partial charge in [-0.25, -0.2) is 4.98 Å². The van der Waals surface area contributed by atoms with Gasteiger partial charge in [0, 0.05) is 13.7 Å². The van der Waals surface area contributed by atoms with E-state index in [0.717, 1.165) is 0 Å². The molecular weight excluding hydrogens is 273 g/mol. The monoisotopic (exact) mass is 309 g/mol. The Morgan fingerprint density at radius 3 is 2.60 bits per heavy atom. The molecule has 1 aromatic heterocycles. The van der Waals surface area contributed by atoms with Crippen LogP contribution in [-0.4, -0.2) is 29.9 Å². The number of aromatic nitrogens is 1. The fourth-order valence-electron chi connectivity index (χ4n) is 1.66. The fraction of sp³-hybridized carbons (Fsp3) is 0.786. The van der Waals surface area contributed by atoms with Gasteiger partial charge >= 0.3 is 7.12 Å². The average Bonchev–Trinajstić information content (AvgIpc) is 3.03.